The van der Waals surface area contributed by atoms with E-state index in [4.69, 9.17) is 0 Å². The summed E-state index contributed by atoms with van der Waals surface area (Å²) in [5.74, 6) is 0. The maximum absolute atomic E-state index is 2.42. The fourth-order valence-corrected chi connectivity index (χ4v) is 7.56. The fourth-order valence-electron chi connectivity index (χ4n) is 7.56. The highest BCUT2D eigenvalue weighted by molar-refractivity contribution is 6.22. The summed E-state index contributed by atoms with van der Waals surface area (Å²) in [7, 11) is 0. The Labute approximate surface area is 281 Å². The lowest BCUT2D eigenvalue weighted by molar-refractivity contribution is 1.57. The molecule has 48 heavy (non-hydrogen) atoms. The van der Waals surface area contributed by atoms with E-state index in [9.17, 15) is 0 Å². The molecule has 0 aliphatic rings. The molecule has 0 atom stereocenters. The van der Waals surface area contributed by atoms with Crippen molar-refractivity contribution in [3.8, 4) is 55.6 Å². The molecule has 0 saturated carbocycles. The van der Waals surface area contributed by atoms with Gasteiger partial charge in [-0.3, -0.25) is 0 Å². The molecular formula is C48H32. The zero-order valence-corrected chi connectivity index (χ0v) is 26.5. The molecule has 0 aromatic heterocycles. The van der Waals surface area contributed by atoms with Gasteiger partial charge in [0.25, 0.3) is 0 Å². The van der Waals surface area contributed by atoms with Crippen LogP contribution < -0.4 is 0 Å². The second-order valence-electron chi connectivity index (χ2n) is 12.4. The van der Waals surface area contributed by atoms with Gasteiger partial charge in [-0.2, -0.15) is 0 Å². The largest absolute Gasteiger partial charge is 0.0622 e. The van der Waals surface area contributed by atoms with Crippen molar-refractivity contribution >= 4 is 32.3 Å². The van der Waals surface area contributed by atoms with E-state index < -0.39 is 0 Å². The van der Waals surface area contributed by atoms with Gasteiger partial charge in [0, 0.05) is 0 Å². The predicted octanol–water partition coefficient (Wildman–Crippen LogP) is 13.5. The van der Waals surface area contributed by atoms with Crippen LogP contribution in [0.1, 0.15) is 0 Å². The molecule has 0 unspecified atom stereocenters. The summed E-state index contributed by atoms with van der Waals surface area (Å²) in [6.45, 7) is 0. The quantitative estimate of drug-likeness (QED) is 0.171. The molecule has 0 aliphatic carbocycles. The Balaban J connectivity index is 1.30. The third-order valence-corrected chi connectivity index (χ3v) is 9.68. The van der Waals surface area contributed by atoms with Gasteiger partial charge in [-0.15, -0.1) is 0 Å². The van der Waals surface area contributed by atoms with Gasteiger partial charge in [0.15, 0.2) is 0 Å². The molecule has 0 heterocycles. The molecule has 0 fully saturated rings. The minimum Gasteiger partial charge on any atom is -0.0622 e. The smallest absolute Gasteiger partial charge is 0.00261 e. The molecule has 0 aliphatic heterocycles. The minimum atomic E-state index is 1.22. The molecule has 0 saturated heterocycles. The normalized spacial score (nSPS) is 11.3. The van der Waals surface area contributed by atoms with Crippen LogP contribution in [-0.2, 0) is 0 Å². The van der Waals surface area contributed by atoms with E-state index in [2.05, 4.69) is 194 Å². The van der Waals surface area contributed by atoms with E-state index >= 15 is 0 Å². The minimum absolute atomic E-state index is 1.22. The van der Waals surface area contributed by atoms with Gasteiger partial charge in [0.05, 0.1) is 0 Å². The molecule has 0 radical (unpaired) electrons. The molecule has 0 spiro atoms. The van der Waals surface area contributed by atoms with Gasteiger partial charge in [0.1, 0.15) is 0 Å². The first-order valence-electron chi connectivity index (χ1n) is 16.6. The number of fused-ring (bicyclic) bond motifs is 3. The van der Waals surface area contributed by atoms with E-state index in [-0.39, 0.29) is 0 Å². The number of hydrogen-bond acceptors (Lipinski definition) is 0. The van der Waals surface area contributed by atoms with Crippen molar-refractivity contribution in [2.45, 2.75) is 0 Å². The van der Waals surface area contributed by atoms with Crippen molar-refractivity contribution < 1.29 is 0 Å². The van der Waals surface area contributed by atoms with Gasteiger partial charge in [-0.05, 0) is 94.0 Å². The average Bonchev–Trinajstić information content (AvgIpc) is 3.17. The SMILES string of the molecule is c1ccc(-c2ccccc2-c2ccccc2-c2cccc3ccc(-c4c5ccccc5c(-c5ccccc5)c5ccccc45)cc23)cc1. The van der Waals surface area contributed by atoms with Crippen LogP contribution in [0, 0.1) is 0 Å². The lowest BCUT2D eigenvalue weighted by Gasteiger charge is -2.19. The van der Waals surface area contributed by atoms with Crippen molar-refractivity contribution in [2.75, 3.05) is 0 Å². The van der Waals surface area contributed by atoms with Crippen LogP contribution in [0.15, 0.2) is 194 Å². The standard InChI is InChI=1S/C48H32/c1-3-16-33(17-4-1)37-21-7-8-22-38(37)39-23-9-10-24-40(39)41-29-15-20-34-30-31-36(32-46(34)41)48-44-27-13-11-25-42(44)47(35-18-5-2-6-19-35)43-26-12-14-28-45(43)48/h1-32H. The summed E-state index contributed by atoms with van der Waals surface area (Å²) in [4.78, 5) is 0. The predicted molar refractivity (Wildman–Crippen MR) is 206 cm³/mol. The van der Waals surface area contributed by atoms with Crippen LogP contribution >= 0.6 is 0 Å². The highest BCUT2D eigenvalue weighted by atomic mass is 14.2. The summed E-state index contributed by atoms with van der Waals surface area (Å²) >= 11 is 0. The van der Waals surface area contributed by atoms with Gasteiger partial charge in [-0.1, -0.05) is 188 Å². The molecule has 9 rings (SSSR count). The third kappa shape index (κ3) is 4.70. The zero-order chi connectivity index (χ0) is 31.9. The van der Waals surface area contributed by atoms with Crippen LogP contribution in [0.5, 0.6) is 0 Å². The molecular weight excluding hydrogens is 577 g/mol. The van der Waals surface area contributed by atoms with Crippen molar-refractivity contribution in [3.05, 3.63) is 194 Å². The van der Waals surface area contributed by atoms with E-state index in [1.165, 1.54) is 88.0 Å². The first-order chi connectivity index (χ1) is 23.8. The number of rotatable bonds is 5. The molecule has 9 aromatic rings. The molecule has 9 aromatic carbocycles. The van der Waals surface area contributed by atoms with Crippen LogP contribution in [0.4, 0.5) is 0 Å². The monoisotopic (exact) mass is 608 g/mol. The summed E-state index contributed by atoms with van der Waals surface area (Å²) in [5, 5.41) is 7.56. The summed E-state index contributed by atoms with van der Waals surface area (Å²) in [6, 6.07) is 70.7. The first-order valence-corrected chi connectivity index (χ1v) is 16.6. The van der Waals surface area contributed by atoms with Crippen LogP contribution in [0.25, 0.3) is 88.0 Å². The topological polar surface area (TPSA) is 0 Å². The van der Waals surface area contributed by atoms with E-state index in [1.807, 2.05) is 0 Å². The van der Waals surface area contributed by atoms with E-state index in [1.54, 1.807) is 0 Å². The summed E-state index contributed by atoms with van der Waals surface area (Å²) in [5.41, 5.74) is 12.4. The Morgan fingerprint density at radius 2 is 0.625 bits per heavy atom. The fraction of sp³-hybridized carbons (Fsp3) is 0. The Morgan fingerprint density at radius 1 is 0.208 bits per heavy atom. The van der Waals surface area contributed by atoms with E-state index in [0.717, 1.165) is 0 Å². The highest BCUT2D eigenvalue weighted by Crippen LogP contribution is 2.45. The van der Waals surface area contributed by atoms with Crippen LogP contribution in [0.3, 0.4) is 0 Å². The zero-order valence-electron chi connectivity index (χ0n) is 26.5. The van der Waals surface area contributed by atoms with Crippen molar-refractivity contribution in [3.63, 3.8) is 0 Å². The number of hydrogen-bond donors (Lipinski definition) is 0. The lowest BCUT2D eigenvalue weighted by atomic mass is 9.84. The Bertz CT molecular complexity index is 2540. The molecule has 0 N–H and O–H groups in total. The lowest BCUT2D eigenvalue weighted by Crippen LogP contribution is -1.92. The van der Waals surface area contributed by atoms with E-state index in [0.29, 0.717) is 0 Å². The van der Waals surface area contributed by atoms with Crippen LogP contribution in [0.2, 0.25) is 0 Å². The Morgan fingerprint density at radius 3 is 1.21 bits per heavy atom. The highest BCUT2D eigenvalue weighted by Gasteiger charge is 2.18. The molecule has 0 nitrogen and oxygen atoms in total. The van der Waals surface area contributed by atoms with Gasteiger partial charge in [-0.25, -0.2) is 0 Å². The van der Waals surface area contributed by atoms with Crippen LogP contribution in [-0.4, -0.2) is 0 Å². The Kier molecular flexibility index (Phi) is 6.91. The maximum atomic E-state index is 2.42. The Hall–Kier alpha value is -6.24. The molecule has 0 amide bonds. The van der Waals surface area contributed by atoms with Crippen molar-refractivity contribution in [2.24, 2.45) is 0 Å². The van der Waals surface area contributed by atoms with Crippen molar-refractivity contribution in [1.82, 2.24) is 0 Å². The summed E-state index contributed by atoms with van der Waals surface area (Å²) < 4.78 is 0. The van der Waals surface area contributed by atoms with Gasteiger partial charge in [0.2, 0.25) is 0 Å². The molecule has 224 valence electrons. The second-order valence-corrected chi connectivity index (χ2v) is 12.4. The average molecular weight is 609 g/mol. The number of benzene rings is 9. The third-order valence-electron chi connectivity index (χ3n) is 9.68. The van der Waals surface area contributed by atoms with Gasteiger partial charge < -0.3 is 0 Å². The van der Waals surface area contributed by atoms with Crippen molar-refractivity contribution in [1.29, 1.82) is 0 Å². The second kappa shape index (κ2) is 11.8. The maximum Gasteiger partial charge on any atom is -0.00261 e. The summed E-state index contributed by atoms with van der Waals surface area (Å²) in [6.07, 6.45) is 0. The van der Waals surface area contributed by atoms with Gasteiger partial charge >= 0.3 is 0 Å². The first kappa shape index (κ1) is 28.0. The molecule has 0 heteroatoms. The molecule has 0 bridgehead atoms.